The summed E-state index contributed by atoms with van der Waals surface area (Å²) in [4.78, 5) is 0. The van der Waals surface area contributed by atoms with Gasteiger partial charge in [0, 0.05) is 17.5 Å². The molecule has 0 atom stereocenters. The Balaban J connectivity index is 2.62. The molecule has 0 spiro atoms. The average molecular weight is 270 g/mol. The average Bonchev–Trinajstić information content (AvgIpc) is 3.18. The van der Waals surface area contributed by atoms with Crippen LogP contribution in [0.15, 0.2) is 6.07 Å². The molecule has 0 amide bonds. The molecular formula is C14H20ClNO2. The largest absolute Gasteiger partial charge is 0.495 e. The number of hydrogen-bond donors (Lipinski definition) is 1. The summed E-state index contributed by atoms with van der Waals surface area (Å²) in [7, 11) is 3.28. The smallest absolute Gasteiger partial charge is 0.145 e. The first kappa shape index (κ1) is 13.5. The maximum absolute atomic E-state index is 6.40. The third-order valence-electron chi connectivity index (χ3n) is 3.86. The summed E-state index contributed by atoms with van der Waals surface area (Å²) >= 11 is 6.40. The molecule has 1 fully saturated rings. The van der Waals surface area contributed by atoms with Crippen LogP contribution >= 0.6 is 11.6 Å². The van der Waals surface area contributed by atoms with Crippen LogP contribution < -0.4 is 15.2 Å². The summed E-state index contributed by atoms with van der Waals surface area (Å²) in [5, 5.41) is 0.564. The van der Waals surface area contributed by atoms with Gasteiger partial charge in [-0.25, -0.2) is 0 Å². The molecule has 1 aromatic carbocycles. The molecule has 18 heavy (non-hydrogen) atoms. The zero-order valence-corrected chi connectivity index (χ0v) is 11.9. The molecule has 1 saturated carbocycles. The van der Waals surface area contributed by atoms with Gasteiger partial charge < -0.3 is 15.2 Å². The lowest BCUT2D eigenvalue weighted by Gasteiger charge is -2.21. The van der Waals surface area contributed by atoms with Crippen molar-refractivity contribution < 1.29 is 9.47 Å². The van der Waals surface area contributed by atoms with E-state index in [9.17, 15) is 0 Å². The minimum absolute atomic E-state index is 0.0607. The van der Waals surface area contributed by atoms with Gasteiger partial charge in [0.25, 0.3) is 0 Å². The molecule has 100 valence electrons. The van der Waals surface area contributed by atoms with Gasteiger partial charge >= 0.3 is 0 Å². The predicted molar refractivity (Wildman–Crippen MR) is 73.9 cm³/mol. The van der Waals surface area contributed by atoms with Crippen LogP contribution in [0.25, 0.3) is 0 Å². The fourth-order valence-electron chi connectivity index (χ4n) is 2.48. The number of nitrogens with two attached hydrogens (primary N) is 1. The molecule has 1 aliphatic carbocycles. The fourth-order valence-corrected chi connectivity index (χ4v) is 2.86. The van der Waals surface area contributed by atoms with E-state index in [1.165, 1.54) is 0 Å². The lowest BCUT2D eigenvalue weighted by molar-refractivity contribution is 0.385. The maximum Gasteiger partial charge on any atom is 0.145 e. The monoisotopic (exact) mass is 269 g/mol. The number of ether oxygens (including phenoxy) is 2. The zero-order valence-electron chi connectivity index (χ0n) is 11.2. The molecule has 0 radical (unpaired) electrons. The summed E-state index contributed by atoms with van der Waals surface area (Å²) < 4.78 is 10.9. The van der Waals surface area contributed by atoms with Crippen molar-refractivity contribution >= 4 is 11.6 Å². The summed E-state index contributed by atoms with van der Waals surface area (Å²) in [6.45, 7) is 2.72. The predicted octanol–water partition coefficient (Wildman–Crippen LogP) is 2.91. The summed E-state index contributed by atoms with van der Waals surface area (Å²) in [6.07, 6.45) is 3.08. The van der Waals surface area contributed by atoms with E-state index in [0.717, 1.165) is 30.4 Å². The molecular weight excluding hydrogens is 250 g/mol. The third kappa shape index (κ3) is 1.95. The van der Waals surface area contributed by atoms with E-state index in [2.05, 4.69) is 13.0 Å². The Morgan fingerprint density at radius 3 is 2.28 bits per heavy atom. The minimum Gasteiger partial charge on any atom is -0.495 e. The van der Waals surface area contributed by atoms with Gasteiger partial charge in [-0.15, -0.1) is 0 Å². The first-order valence-corrected chi connectivity index (χ1v) is 6.65. The molecule has 2 N–H and O–H groups in total. The first-order valence-electron chi connectivity index (χ1n) is 6.27. The SMILES string of the molecule is CCc1cc(C2(CN)CC2)c(OC)c(Cl)c1OC. The Kier molecular flexibility index (Phi) is 3.74. The van der Waals surface area contributed by atoms with Crippen LogP contribution in [0.4, 0.5) is 0 Å². The Morgan fingerprint density at radius 2 is 1.89 bits per heavy atom. The second-order valence-electron chi connectivity index (χ2n) is 4.80. The topological polar surface area (TPSA) is 44.5 Å². The highest BCUT2D eigenvalue weighted by molar-refractivity contribution is 6.33. The van der Waals surface area contributed by atoms with Gasteiger partial charge in [-0.2, -0.15) is 0 Å². The second kappa shape index (κ2) is 4.98. The van der Waals surface area contributed by atoms with Crippen LogP contribution in [-0.2, 0) is 11.8 Å². The van der Waals surface area contributed by atoms with Crippen molar-refractivity contribution in [1.82, 2.24) is 0 Å². The van der Waals surface area contributed by atoms with Gasteiger partial charge in [0.15, 0.2) is 0 Å². The van der Waals surface area contributed by atoms with Crippen molar-refractivity contribution in [2.75, 3.05) is 20.8 Å². The zero-order chi connectivity index (χ0) is 13.3. The van der Waals surface area contributed by atoms with Crippen molar-refractivity contribution in [3.05, 3.63) is 22.2 Å². The normalized spacial score (nSPS) is 16.5. The first-order chi connectivity index (χ1) is 8.63. The Hall–Kier alpha value is -0.930. The maximum atomic E-state index is 6.40. The number of aryl methyl sites for hydroxylation is 1. The van der Waals surface area contributed by atoms with Crippen LogP contribution in [-0.4, -0.2) is 20.8 Å². The van der Waals surface area contributed by atoms with Gasteiger partial charge in [0.1, 0.15) is 16.5 Å². The molecule has 0 saturated heterocycles. The standard InChI is InChI=1S/C14H20ClNO2/c1-4-9-7-10(14(8-16)5-6-14)13(18-3)11(15)12(9)17-2/h7H,4-6,8,16H2,1-3H3. The van der Waals surface area contributed by atoms with Crippen molar-refractivity contribution in [3.63, 3.8) is 0 Å². The van der Waals surface area contributed by atoms with Crippen molar-refractivity contribution in [3.8, 4) is 11.5 Å². The molecule has 3 nitrogen and oxygen atoms in total. The quantitative estimate of drug-likeness (QED) is 0.894. The molecule has 0 bridgehead atoms. The van der Waals surface area contributed by atoms with Gasteiger partial charge in [-0.05, 0) is 30.9 Å². The van der Waals surface area contributed by atoms with Gasteiger partial charge in [-0.3, -0.25) is 0 Å². The molecule has 2 rings (SSSR count). The molecule has 1 aromatic rings. The fraction of sp³-hybridized carbons (Fsp3) is 0.571. The van der Waals surface area contributed by atoms with Gasteiger partial charge in [0.05, 0.1) is 14.2 Å². The van der Waals surface area contributed by atoms with Crippen molar-refractivity contribution in [2.45, 2.75) is 31.6 Å². The van der Waals surface area contributed by atoms with Crippen LogP contribution in [0, 0.1) is 0 Å². The van der Waals surface area contributed by atoms with Crippen molar-refractivity contribution in [1.29, 1.82) is 0 Å². The van der Waals surface area contributed by atoms with Gasteiger partial charge in [0.2, 0.25) is 0 Å². The molecule has 0 aromatic heterocycles. The minimum atomic E-state index is 0.0607. The number of halogens is 1. The molecule has 4 heteroatoms. The highest BCUT2D eigenvalue weighted by Gasteiger charge is 2.46. The Bertz CT molecular complexity index is 456. The van der Waals surface area contributed by atoms with Gasteiger partial charge in [-0.1, -0.05) is 18.5 Å². The lowest BCUT2D eigenvalue weighted by atomic mass is 9.92. The van der Waals surface area contributed by atoms with E-state index < -0.39 is 0 Å². The van der Waals surface area contributed by atoms with Crippen LogP contribution in [0.2, 0.25) is 5.02 Å². The summed E-state index contributed by atoms with van der Waals surface area (Å²) in [5.74, 6) is 1.43. The molecule has 1 aliphatic rings. The second-order valence-corrected chi connectivity index (χ2v) is 5.18. The van der Waals surface area contributed by atoms with E-state index in [1.807, 2.05) is 0 Å². The molecule has 0 unspecified atom stereocenters. The highest BCUT2D eigenvalue weighted by Crippen LogP contribution is 2.54. The van der Waals surface area contributed by atoms with Crippen LogP contribution in [0.5, 0.6) is 11.5 Å². The Morgan fingerprint density at radius 1 is 1.28 bits per heavy atom. The van der Waals surface area contributed by atoms with E-state index in [-0.39, 0.29) is 5.41 Å². The Labute approximate surface area is 113 Å². The summed E-state index contributed by atoms with van der Waals surface area (Å²) in [6, 6.07) is 2.14. The number of methoxy groups -OCH3 is 2. The van der Waals surface area contributed by atoms with Crippen LogP contribution in [0.1, 0.15) is 30.9 Å². The molecule has 0 aliphatic heterocycles. The van der Waals surface area contributed by atoms with E-state index in [1.54, 1.807) is 14.2 Å². The third-order valence-corrected chi connectivity index (χ3v) is 4.20. The van der Waals surface area contributed by atoms with E-state index in [0.29, 0.717) is 23.1 Å². The van der Waals surface area contributed by atoms with Crippen molar-refractivity contribution in [2.24, 2.45) is 5.73 Å². The molecule has 0 heterocycles. The number of benzene rings is 1. The van der Waals surface area contributed by atoms with E-state index >= 15 is 0 Å². The van der Waals surface area contributed by atoms with E-state index in [4.69, 9.17) is 26.8 Å². The number of hydrogen-bond acceptors (Lipinski definition) is 3. The van der Waals surface area contributed by atoms with Crippen LogP contribution in [0.3, 0.4) is 0 Å². The number of rotatable bonds is 5. The summed E-state index contributed by atoms with van der Waals surface area (Å²) in [5.41, 5.74) is 8.21. The lowest BCUT2D eigenvalue weighted by Crippen LogP contribution is -2.21. The highest BCUT2D eigenvalue weighted by atomic mass is 35.5.